The fraction of sp³-hybridized carbons (Fsp3) is 0.200. The summed E-state index contributed by atoms with van der Waals surface area (Å²) < 4.78 is 7.40. The van der Waals surface area contributed by atoms with Crippen molar-refractivity contribution in [1.82, 2.24) is 24.6 Å². The third-order valence-electron chi connectivity index (χ3n) is 4.72. The fourth-order valence-corrected chi connectivity index (χ4v) is 3.29. The minimum atomic E-state index is 0.647. The molecule has 0 radical (unpaired) electrons. The molecule has 9 heteroatoms. The number of H-pyrrole nitrogens is 1. The van der Waals surface area contributed by atoms with Crippen LogP contribution in [0.1, 0.15) is 5.69 Å². The Bertz CT molecular complexity index is 1110. The van der Waals surface area contributed by atoms with Crippen LogP contribution in [0.25, 0.3) is 16.9 Å². The highest BCUT2D eigenvalue weighted by molar-refractivity contribution is 5.77. The Labute approximate surface area is 167 Å². The molecular weight excluding hydrogens is 368 g/mol. The van der Waals surface area contributed by atoms with E-state index in [0.29, 0.717) is 19.0 Å². The molecular formula is C20H20N8O. The highest BCUT2D eigenvalue weighted by Crippen LogP contribution is 2.25. The highest BCUT2D eigenvalue weighted by Gasteiger charge is 2.18. The number of hydrogen-bond acceptors (Lipinski definition) is 7. The van der Waals surface area contributed by atoms with Crippen molar-refractivity contribution < 1.29 is 4.74 Å². The van der Waals surface area contributed by atoms with E-state index in [1.54, 1.807) is 18.7 Å². The van der Waals surface area contributed by atoms with Crippen LogP contribution >= 0.6 is 0 Å². The molecule has 0 amide bonds. The second kappa shape index (κ2) is 7.72. The summed E-state index contributed by atoms with van der Waals surface area (Å²) in [6.45, 7) is 2.99. The van der Waals surface area contributed by atoms with E-state index in [-0.39, 0.29) is 0 Å². The summed E-state index contributed by atoms with van der Waals surface area (Å²) in [5.74, 6) is 1.61. The average Bonchev–Trinajstić information content (AvgIpc) is 3.44. The Hall–Kier alpha value is -3.72. The Morgan fingerprint density at radius 3 is 2.79 bits per heavy atom. The van der Waals surface area contributed by atoms with Gasteiger partial charge in [-0.3, -0.25) is 5.43 Å². The number of benzene rings is 1. The quantitative estimate of drug-likeness (QED) is 0.403. The molecule has 0 spiro atoms. The van der Waals surface area contributed by atoms with Gasteiger partial charge in [0.05, 0.1) is 43.3 Å². The first kappa shape index (κ1) is 17.4. The number of nitrogens with one attached hydrogen (secondary N) is 2. The van der Waals surface area contributed by atoms with Crippen LogP contribution < -0.4 is 10.3 Å². The first-order chi connectivity index (χ1) is 14.4. The molecule has 0 atom stereocenters. The van der Waals surface area contributed by atoms with E-state index < -0.39 is 0 Å². The van der Waals surface area contributed by atoms with E-state index in [2.05, 4.69) is 30.4 Å². The molecule has 29 heavy (non-hydrogen) atoms. The number of imidazole rings is 1. The van der Waals surface area contributed by atoms with E-state index in [1.165, 1.54) is 0 Å². The van der Waals surface area contributed by atoms with Gasteiger partial charge in [-0.05, 0) is 0 Å². The first-order valence-electron chi connectivity index (χ1n) is 9.43. The minimum absolute atomic E-state index is 0.647. The van der Waals surface area contributed by atoms with Crippen molar-refractivity contribution in [3.63, 3.8) is 0 Å². The topological polar surface area (TPSA) is 95.7 Å². The Kier molecular flexibility index (Phi) is 4.63. The summed E-state index contributed by atoms with van der Waals surface area (Å²) in [5, 5.41) is 9.07. The maximum atomic E-state index is 5.51. The van der Waals surface area contributed by atoms with Crippen LogP contribution in [0.5, 0.6) is 0 Å². The van der Waals surface area contributed by atoms with Crippen LogP contribution in [0, 0.1) is 0 Å². The zero-order valence-corrected chi connectivity index (χ0v) is 15.7. The van der Waals surface area contributed by atoms with Crippen molar-refractivity contribution in [2.75, 3.05) is 36.6 Å². The van der Waals surface area contributed by atoms with Crippen molar-refractivity contribution in [3.05, 3.63) is 60.7 Å². The number of aromatic nitrogens is 5. The van der Waals surface area contributed by atoms with E-state index in [9.17, 15) is 0 Å². The van der Waals surface area contributed by atoms with Crippen molar-refractivity contribution in [2.45, 2.75) is 0 Å². The summed E-state index contributed by atoms with van der Waals surface area (Å²) >= 11 is 0. The van der Waals surface area contributed by atoms with Crippen molar-refractivity contribution in [1.29, 1.82) is 0 Å². The number of nitrogens with zero attached hydrogens (tertiary/aromatic N) is 6. The second-order valence-corrected chi connectivity index (χ2v) is 6.64. The summed E-state index contributed by atoms with van der Waals surface area (Å²) in [6.07, 6.45) is 4.97. The van der Waals surface area contributed by atoms with Gasteiger partial charge in [0, 0.05) is 30.8 Å². The number of hydrazone groups is 1. The summed E-state index contributed by atoms with van der Waals surface area (Å²) in [6, 6.07) is 14.1. The largest absolute Gasteiger partial charge is 0.378 e. The molecule has 1 saturated heterocycles. The molecule has 0 aliphatic carbocycles. The molecule has 9 nitrogen and oxygen atoms in total. The van der Waals surface area contributed by atoms with Gasteiger partial charge in [-0.25, -0.2) is 9.97 Å². The van der Waals surface area contributed by atoms with E-state index in [1.807, 2.05) is 47.0 Å². The summed E-state index contributed by atoms with van der Waals surface area (Å²) in [7, 11) is 0. The maximum absolute atomic E-state index is 5.51. The number of hydrogen-bond donors (Lipinski definition) is 2. The van der Waals surface area contributed by atoms with Gasteiger partial charge in [0.2, 0.25) is 0 Å². The first-order valence-corrected chi connectivity index (χ1v) is 9.43. The average molecular weight is 388 g/mol. The molecule has 4 aromatic rings. The third-order valence-corrected chi connectivity index (χ3v) is 4.72. The summed E-state index contributed by atoms with van der Waals surface area (Å²) in [4.78, 5) is 13.9. The smallest absolute Gasteiger partial charge is 0.160 e. The zero-order valence-electron chi connectivity index (χ0n) is 15.7. The molecule has 0 saturated carbocycles. The van der Waals surface area contributed by atoms with Crippen LogP contribution in [-0.2, 0) is 4.74 Å². The third kappa shape index (κ3) is 3.67. The Balaban J connectivity index is 1.53. The van der Waals surface area contributed by atoms with Gasteiger partial charge in [0.25, 0.3) is 0 Å². The lowest BCUT2D eigenvalue weighted by atomic mass is 10.2. The van der Waals surface area contributed by atoms with E-state index in [0.717, 1.165) is 41.5 Å². The number of rotatable bonds is 5. The molecule has 1 aliphatic rings. The van der Waals surface area contributed by atoms with Crippen molar-refractivity contribution in [2.24, 2.45) is 5.10 Å². The van der Waals surface area contributed by atoms with Gasteiger partial charge >= 0.3 is 0 Å². The van der Waals surface area contributed by atoms with Crippen LogP contribution in [-0.4, -0.2) is 57.1 Å². The van der Waals surface area contributed by atoms with Crippen molar-refractivity contribution >= 4 is 23.5 Å². The van der Waals surface area contributed by atoms with Crippen LogP contribution in [0.15, 0.2) is 60.1 Å². The Morgan fingerprint density at radius 2 is 2.00 bits per heavy atom. The number of fused-ring (bicyclic) bond motifs is 1. The monoisotopic (exact) mass is 388 g/mol. The lowest BCUT2D eigenvalue weighted by Crippen LogP contribution is -2.37. The van der Waals surface area contributed by atoms with Crippen LogP contribution in [0.3, 0.4) is 0 Å². The predicted octanol–water partition coefficient (Wildman–Crippen LogP) is 2.40. The van der Waals surface area contributed by atoms with Gasteiger partial charge in [-0.2, -0.15) is 14.7 Å². The number of morpholine rings is 1. The van der Waals surface area contributed by atoms with Crippen molar-refractivity contribution in [3.8, 4) is 11.3 Å². The number of aromatic amines is 1. The predicted molar refractivity (Wildman–Crippen MR) is 111 cm³/mol. The second-order valence-electron chi connectivity index (χ2n) is 6.64. The van der Waals surface area contributed by atoms with Gasteiger partial charge in [-0.1, -0.05) is 30.3 Å². The SMILES string of the molecule is C(=N\Nc1cc(N2CCOCC2)n2nc(-c3ccccc3)cc2n1)/c1cnc[nH]1. The van der Waals surface area contributed by atoms with Crippen LogP contribution in [0.4, 0.5) is 11.6 Å². The van der Waals surface area contributed by atoms with E-state index >= 15 is 0 Å². The standard InChI is InChI=1S/C20H20N8O/c1-2-4-15(5-3-1)17-10-19-24-18(25-23-13-16-12-21-14-22-16)11-20(28(19)26-17)27-6-8-29-9-7-27/h1-5,10-14H,6-9H2,(H,21,22)(H,24,25)/b23-13+. The van der Waals surface area contributed by atoms with E-state index in [4.69, 9.17) is 9.84 Å². The highest BCUT2D eigenvalue weighted by atomic mass is 16.5. The summed E-state index contributed by atoms with van der Waals surface area (Å²) in [5.41, 5.74) is 6.51. The number of ether oxygens (including phenoxy) is 1. The molecule has 1 aliphatic heterocycles. The zero-order chi connectivity index (χ0) is 19.5. The minimum Gasteiger partial charge on any atom is -0.378 e. The maximum Gasteiger partial charge on any atom is 0.160 e. The molecule has 0 bridgehead atoms. The van der Waals surface area contributed by atoms with Gasteiger partial charge in [0.1, 0.15) is 5.82 Å². The number of anilines is 2. The molecule has 1 aromatic carbocycles. The molecule has 2 N–H and O–H groups in total. The lowest BCUT2D eigenvalue weighted by Gasteiger charge is -2.29. The molecule has 0 unspecified atom stereocenters. The molecule has 4 heterocycles. The van der Waals surface area contributed by atoms with Gasteiger partial charge in [0.15, 0.2) is 11.5 Å². The fourth-order valence-electron chi connectivity index (χ4n) is 3.29. The lowest BCUT2D eigenvalue weighted by molar-refractivity contribution is 0.122. The van der Waals surface area contributed by atoms with Gasteiger partial charge in [-0.15, -0.1) is 0 Å². The van der Waals surface area contributed by atoms with Gasteiger partial charge < -0.3 is 14.6 Å². The normalized spacial score (nSPS) is 14.7. The molecule has 1 fully saturated rings. The molecule has 146 valence electrons. The van der Waals surface area contributed by atoms with Crippen LogP contribution in [0.2, 0.25) is 0 Å². The molecule has 5 rings (SSSR count). The molecule has 3 aromatic heterocycles. The Morgan fingerprint density at radius 1 is 1.14 bits per heavy atom.